The van der Waals surface area contributed by atoms with Crippen molar-refractivity contribution >= 4 is 11.5 Å². The van der Waals surface area contributed by atoms with Gasteiger partial charge in [0.1, 0.15) is 5.82 Å². The molecule has 18 heavy (non-hydrogen) atoms. The third-order valence-corrected chi connectivity index (χ3v) is 2.76. The van der Waals surface area contributed by atoms with Crippen molar-refractivity contribution in [2.45, 2.75) is 13.3 Å². The van der Waals surface area contributed by atoms with E-state index in [1.165, 1.54) is 0 Å². The Morgan fingerprint density at radius 2 is 2.22 bits per heavy atom. The summed E-state index contributed by atoms with van der Waals surface area (Å²) in [6.07, 6.45) is 0.953. The number of nitrogens with zero attached hydrogens (tertiary/aromatic N) is 2. The fourth-order valence-electron chi connectivity index (χ4n) is 1.85. The van der Waals surface area contributed by atoms with Crippen molar-refractivity contribution < 1.29 is 9.47 Å². The summed E-state index contributed by atoms with van der Waals surface area (Å²) in [6.45, 7) is 5.97. The van der Waals surface area contributed by atoms with Gasteiger partial charge in [0.15, 0.2) is 0 Å². The fraction of sp³-hybridized carbons (Fsp3) is 0.583. The van der Waals surface area contributed by atoms with Gasteiger partial charge in [-0.2, -0.15) is 4.98 Å². The quantitative estimate of drug-likeness (QED) is 0.601. The Morgan fingerprint density at radius 1 is 1.44 bits per heavy atom. The monoisotopic (exact) mass is 252 g/mol. The number of nitrogens with one attached hydrogen (secondary N) is 1. The lowest BCUT2D eigenvalue weighted by atomic mass is 10.3. The second kappa shape index (κ2) is 6.42. The third-order valence-electron chi connectivity index (χ3n) is 2.76. The number of morpholine rings is 1. The number of aromatic nitrogens is 1. The molecule has 1 fully saturated rings. The van der Waals surface area contributed by atoms with Crippen molar-refractivity contribution in [3.8, 4) is 5.88 Å². The van der Waals surface area contributed by atoms with Gasteiger partial charge in [-0.15, -0.1) is 0 Å². The average Bonchev–Trinajstić information content (AvgIpc) is 2.45. The molecular weight excluding hydrogens is 232 g/mol. The van der Waals surface area contributed by atoms with Gasteiger partial charge in [0.05, 0.1) is 19.8 Å². The Hall–Kier alpha value is -1.53. The van der Waals surface area contributed by atoms with E-state index >= 15 is 0 Å². The zero-order valence-electron chi connectivity index (χ0n) is 10.7. The number of hydrazine groups is 1. The highest BCUT2D eigenvalue weighted by molar-refractivity contribution is 5.56. The molecule has 0 atom stereocenters. The molecule has 0 amide bonds. The summed E-state index contributed by atoms with van der Waals surface area (Å²) in [6, 6.07) is 3.87. The van der Waals surface area contributed by atoms with Gasteiger partial charge in [-0.1, -0.05) is 6.92 Å². The van der Waals surface area contributed by atoms with Gasteiger partial charge in [0, 0.05) is 30.9 Å². The number of hydrogen-bond acceptors (Lipinski definition) is 6. The fourth-order valence-corrected chi connectivity index (χ4v) is 1.85. The standard InChI is InChI=1S/C12H20N4O2/c1-2-5-18-12-9-10(8-11(14-12)15-13)16-3-6-17-7-4-16/h8-9H,2-7,13H2,1H3,(H,14,15). The van der Waals surface area contributed by atoms with Crippen LogP contribution in [0.15, 0.2) is 12.1 Å². The highest BCUT2D eigenvalue weighted by Crippen LogP contribution is 2.24. The summed E-state index contributed by atoms with van der Waals surface area (Å²) < 4.78 is 10.9. The molecule has 100 valence electrons. The van der Waals surface area contributed by atoms with E-state index in [9.17, 15) is 0 Å². The Bertz CT molecular complexity index is 380. The molecule has 1 aromatic heterocycles. The van der Waals surface area contributed by atoms with Gasteiger partial charge < -0.3 is 19.8 Å². The molecule has 0 bridgehead atoms. The van der Waals surface area contributed by atoms with E-state index in [0.29, 0.717) is 18.3 Å². The Kier molecular flexibility index (Phi) is 4.60. The molecule has 0 unspecified atom stereocenters. The van der Waals surface area contributed by atoms with Gasteiger partial charge in [-0.05, 0) is 6.42 Å². The van der Waals surface area contributed by atoms with Gasteiger partial charge in [-0.25, -0.2) is 5.84 Å². The van der Waals surface area contributed by atoms with Gasteiger partial charge in [-0.3, -0.25) is 0 Å². The van der Waals surface area contributed by atoms with Crippen molar-refractivity contribution in [3.05, 3.63) is 12.1 Å². The molecular formula is C12H20N4O2. The number of anilines is 2. The third kappa shape index (κ3) is 3.24. The summed E-state index contributed by atoms with van der Waals surface area (Å²) in [5, 5.41) is 0. The lowest BCUT2D eigenvalue weighted by Gasteiger charge is -2.29. The molecule has 6 heteroatoms. The number of ether oxygens (including phenoxy) is 2. The maximum atomic E-state index is 5.56. The molecule has 0 radical (unpaired) electrons. The molecule has 1 saturated heterocycles. The molecule has 6 nitrogen and oxygen atoms in total. The van der Waals surface area contributed by atoms with Crippen molar-refractivity contribution in [2.75, 3.05) is 43.2 Å². The van der Waals surface area contributed by atoms with Crippen LogP contribution in [-0.2, 0) is 4.74 Å². The highest BCUT2D eigenvalue weighted by Gasteiger charge is 2.13. The molecule has 2 rings (SSSR count). The van der Waals surface area contributed by atoms with E-state index in [4.69, 9.17) is 15.3 Å². The lowest BCUT2D eigenvalue weighted by molar-refractivity contribution is 0.122. The summed E-state index contributed by atoms with van der Waals surface area (Å²) in [7, 11) is 0. The van der Waals surface area contributed by atoms with E-state index in [0.717, 1.165) is 38.4 Å². The van der Waals surface area contributed by atoms with Crippen molar-refractivity contribution in [1.29, 1.82) is 0 Å². The minimum Gasteiger partial charge on any atom is -0.478 e. The Balaban J connectivity index is 2.16. The molecule has 0 aromatic carbocycles. The molecule has 1 aliphatic rings. The second-order valence-corrected chi connectivity index (χ2v) is 4.14. The largest absolute Gasteiger partial charge is 0.478 e. The zero-order valence-corrected chi connectivity index (χ0v) is 10.7. The van der Waals surface area contributed by atoms with E-state index in [-0.39, 0.29) is 0 Å². The average molecular weight is 252 g/mol. The van der Waals surface area contributed by atoms with Gasteiger partial charge >= 0.3 is 0 Å². The van der Waals surface area contributed by atoms with Crippen LogP contribution in [0, 0.1) is 0 Å². The molecule has 1 aromatic rings. The number of nitrogens with two attached hydrogens (primary N) is 1. The summed E-state index contributed by atoms with van der Waals surface area (Å²) in [5.74, 6) is 6.66. The van der Waals surface area contributed by atoms with Crippen molar-refractivity contribution in [1.82, 2.24) is 4.98 Å². The second-order valence-electron chi connectivity index (χ2n) is 4.14. The molecule has 3 N–H and O–H groups in total. The Labute approximate surface area is 107 Å². The minimum absolute atomic E-state index is 0.605. The lowest BCUT2D eigenvalue weighted by Crippen LogP contribution is -2.36. The summed E-state index contributed by atoms with van der Waals surface area (Å²) in [5.41, 5.74) is 3.64. The SMILES string of the molecule is CCCOc1cc(N2CCOCC2)cc(NN)n1. The van der Waals surface area contributed by atoms with Gasteiger partial charge in [0.25, 0.3) is 0 Å². The molecule has 0 aliphatic carbocycles. The van der Waals surface area contributed by atoms with Crippen LogP contribution < -0.4 is 20.9 Å². The highest BCUT2D eigenvalue weighted by atomic mass is 16.5. The van der Waals surface area contributed by atoms with E-state index in [1.54, 1.807) is 0 Å². The van der Waals surface area contributed by atoms with E-state index in [1.807, 2.05) is 12.1 Å². The van der Waals surface area contributed by atoms with Crippen LogP contribution in [0.5, 0.6) is 5.88 Å². The molecule has 2 heterocycles. The van der Waals surface area contributed by atoms with E-state index in [2.05, 4.69) is 22.2 Å². The molecule has 1 aliphatic heterocycles. The zero-order chi connectivity index (χ0) is 12.8. The minimum atomic E-state index is 0.605. The van der Waals surface area contributed by atoms with Crippen LogP contribution in [0.25, 0.3) is 0 Å². The van der Waals surface area contributed by atoms with Crippen LogP contribution >= 0.6 is 0 Å². The Morgan fingerprint density at radius 3 is 2.89 bits per heavy atom. The first-order valence-corrected chi connectivity index (χ1v) is 6.27. The van der Waals surface area contributed by atoms with Crippen molar-refractivity contribution in [3.63, 3.8) is 0 Å². The molecule has 0 saturated carbocycles. The summed E-state index contributed by atoms with van der Waals surface area (Å²) in [4.78, 5) is 6.51. The summed E-state index contributed by atoms with van der Waals surface area (Å²) >= 11 is 0. The van der Waals surface area contributed by atoms with Gasteiger partial charge in [0.2, 0.25) is 5.88 Å². The number of hydrogen-bond donors (Lipinski definition) is 2. The first-order chi connectivity index (χ1) is 8.83. The van der Waals surface area contributed by atoms with Crippen LogP contribution in [0.1, 0.15) is 13.3 Å². The molecule has 0 spiro atoms. The first-order valence-electron chi connectivity index (χ1n) is 6.27. The normalized spacial score (nSPS) is 15.6. The number of pyridine rings is 1. The van der Waals surface area contributed by atoms with Crippen LogP contribution in [0.4, 0.5) is 11.5 Å². The van der Waals surface area contributed by atoms with Crippen LogP contribution in [0.2, 0.25) is 0 Å². The smallest absolute Gasteiger partial charge is 0.217 e. The van der Waals surface area contributed by atoms with Crippen LogP contribution in [-0.4, -0.2) is 37.9 Å². The number of nitrogen functional groups attached to an aromatic ring is 1. The topological polar surface area (TPSA) is 72.6 Å². The first kappa shape index (κ1) is 12.9. The predicted molar refractivity (Wildman–Crippen MR) is 70.9 cm³/mol. The van der Waals surface area contributed by atoms with Crippen molar-refractivity contribution in [2.24, 2.45) is 5.84 Å². The van der Waals surface area contributed by atoms with Crippen LogP contribution in [0.3, 0.4) is 0 Å². The predicted octanol–water partition coefficient (Wildman–Crippen LogP) is 0.993. The maximum Gasteiger partial charge on any atom is 0.217 e. The van der Waals surface area contributed by atoms with E-state index < -0.39 is 0 Å². The maximum absolute atomic E-state index is 5.56. The number of rotatable bonds is 5.